The van der Waals surface area contributed by atoms with Crippen LogP contribution < -0.4 is 0 Å². The van der Waals surface area contributed by atoms with Gasteiger partial charge in [0.1, 0.15) is 0 Å². The Hall–Kier alpha value is -0.160. The molecule has 16 heavy (non-hydrogen) atoms. The van der Waals surface area contributed by atoms with E-state index in [1.54, 1.807) is 0 Å². The predicted molar refractivity (Wildman–Crippen MR) is 65.6 cm³/mol. The van der Waals surface area contributed by atoms with Gasteiger partial charge in [-0.05, 0) is 26.9 Å². The quantitative estimate of drug-likeness (QED) is 0.701. The highest BCUT2D eigenvalue weighted by molar-refractivity contribution is 4.88. The van der Waals surface area contributed by atoms with E-state index in [1.807, 2.05) is 0 Å². The second-order valence-corrected chi connectivity index (χ2v) is 5.61. The third-order valence-electron chi connectivity index (χ3n) is 4.03. The Morgan fingerprint density at radius 2 is 1.38 bits per heavy atom. The summed E-state index contributed by atoms with van der Waals surface area (Å²) in [5.74, 6) is 0. The van der Waals surface area contributed by atoms with Gasteiger partial charge in [-0.1, -0.05) is 0 Å². The van der Waals surface area contributed by atoms with Crippen molar-refractivity contribution in [3.8, 4) is 0 Å². The molecule has 4 nitrogen and oxygen atoms in total. The standard InChI is InChI=1S/C12H25N3O/c1-13-5-3-12(16,4-6-13)11-15-9-7-14(2)8-10-15/h16H,3-11H2,1-2H3. The van der Waals surface area contributed by atoms with Gasteiger partial charge in [0.25, 0.3) is 0 Å². The Balaban J connectivity index is 1.80. The van der Waals surface area contributed by atoms with Crippen molar-refractivity contribution >= 4 is 0 Å². The van der Waals surface area contributed by atoms with E-state index in [1.165, 1.54) is 0 Å². The molecular formula is C12H25N3O. The molecule has 2 aliphatic rings. The van der Waals surface area contributed by atoms with Crippen LogP contribution in [0.1, 0.15) is 12.8 Å². The molecule has 0 aromatic carbocycles. The SMILES string of the molecule is CN1CCN(CC2(O)CCN(C)CC2)CC1. The topological polar surface area (TPSA) is 30.0 Å². The molecule has 0 aliphatic carbocycles. The molecule has 0 bridgehead atoms. The van der Waals surface area contributed by atoms with Gasteiger partial charge in [-0.15, -0.1) is 0 Å². The summed E-state index contributed by atoms with van der Waals surface area (Å²) in [6, 6.07) is 0. The van der Waals surface area contributed by atoms with E-state index < -0.39 is 5.60 Å². The van der Waals surface area contributed by atoms with E-state index in [0.717, 1.165) is 58.7 Å². The molecule has 0 radical (unpaired) electrons. The molecular weight excluding hydrogens is 202 g/mol. The number of aliphatic hydroxyl groups is 1. The molecule has 0 aromatic heterocycles. The third kappa shape index (κ3) is 3.17. The highest BCUT2D eigenvalue weighted by Gasteiger charge is 2.33. The zero-order valence-electron chi connectivity index (χ0n) is 10.7. The van der Waals surface area contributed by atoms with Crippen LogP contribution in [-0.4, -0.2) is 85.3 Å². The summed E-state index contributed by atoms with van der Waals surface area (Å²) in [7, 11) is 4.30. The van der Waals surface area contributed by atoms with E-state index >= 15 is 0 Å². The monoisotopic (exact) mass is 227 g/mol. The number of likely N-dealkylation sites (tertiary alicyclic amines) is 1. The molecule has 0 aromatic rings. The smallest absolute Gasteiger partial charge is 0.0798 e. The number of piperazine rings is 1. The second-order valence-electron chi connectivity index (χ2n) is 5.61. The van der Waals surface area contributed by atoms with Crippen LogP contribution in [0.3, 0.4) is 0 Å². The van der Waals surface area contributed by atoms with Crippen molar-refractivity contribution in [2.45, 2.75) is 18.4 Å². The number of likely N-dealkylation sites (N-methyl/N-ethyl adjacent to an activating group) is 1. The van der Waals surface area contributed by atoms with Crippen molar-refractivity contribution < 1.29 is 5.11 Å². The van der Waals surface area contributed by atoms with Crippen LogP contribution in [-0.2, 0) is 0 Å². The van der Waals surface area contributed by atoms with Crippen molar-refractivity contribution in [3.63, 3.8) is 0 Å². The van der Waals surface area contributed by atoms with Gasteiger partial charge in [0, 0.05) is 45.8 Å². The van der Waals surface area contributed by atoms with E-state index in [0.29, 0.717) is 0 Å². The summed E-state index contributed by atoms with van der Waals surface area (Å²) in [6.07, 6.45) is 1.85. The van der Waals surface area contributed by atoms with Crippen molar-refractivity contribution in [2.24, 2.45) is 0 Å². The Kier molecular flexibility index (Phi) is 3.85. The summed E-state index contributed by atoms with van der Waals surface area (Å²) in [5.41, 5.74) is -0.428. The maximum absolute atomic E-state index is 10.5. The van der Waals surface area contributed by atoms with Crippen LogP contribution in [0.5, 0.6) is 0 Å². The van der Waals surface area contributed by atoms with Crippen LogP contribution in [0, 0.1) is 0 Å². The van der Waals surface area contributed by atoms with E-state index in [-0.39, 0.29) is 0 Å². The van der Waals surface area contributed by atoms with Gasteiger partial charge in [0.2, 0.25) is 0 Å². The van der Waals surface area contributed by atoms with Crippen LogP contribution in [0.4, 0.5) is 0 Å². The van der Waals surface area contributed by atoms with Crippen LogP contribution in [0.15, 0.2) is 0 Å². The van der Waals surface area contributed by atoms with Gasteiger partial charge < -0.3 is 14.9 Å². The number of β-amino-alcohol motifs (C(OH)–C–C–N with tert-alkyl or cyclic N) is 1. The fourth-order valence-electron chi connectivity index (χ4n) is 2.62. The maximum atomic E-state index is 10.5. The summed E-state index contributed by atoms with van der Waals surface area (Å²) < 4.78 is 0. The zero-order valence-corrected chi connectivity index (χ0v) is 10.7. The Bertz CT molecular complexity index is 218. The third-order valence-corrected chi connectivity index (χ3v) is 4.03. The van der Waals surface area contributed by atoms with Gasteiger partial charge in [-0.25, -0.2) is 0 Å². The van der Waals surface area contributed by atoms with Gasteiger partial charge in [0.05, 0.1) is 5.60 Å². The first-order valence-corrected chi connectivity index (χ1v) is 6.39. The number of hydrogen-bond acceptors (Lipinski definition) is 4. The normalized spacial score (nSPS) is 29.4. The molecule has 1 N–H and O–H groups in total. The molecule has 2 fully saturated rings. The van der Waals surface area contributed by atoms with E-state index in [9.17, 15) is 5.11 Å². The number of piperidine rings is 1. The Labute approximate surface area is 98.8 Å². The summed E-state index contributed by atoms with van der Waals surface area (Å²) in [6.45, 7) is 7.42. The Morgan fingerprint density at radius 3 is 1.94 bits per heavy atom. The van der Waals surface area contributed by atoms with Crippen molar-refractivity contribution in [3.05, 3.63) is 0 Å². The molecule has 0 spiro atoms. The van der Waals surface area contributed by atoms with Gasteiger partial charge in [-0.2, -0.15) is 0 Å². The second kappa shape index (κ2) is 5.00. The van der Waals surface area contributed by atoms with Gasteiger partial charge >= 0.3 is 0 Å². The molecule has 2 aliphatic heterocycles. The number of hydrogen-bond donors (Lipinski definition) is 1. The molecule has 2 rings (SSSR count). The first kappa shape index (κ1) is 12.3. The minimum absolute atomic E-state index is 0.428. The lowest BCUT2D eigenvalue weighted by Crippen LogP contribution is -2.54. The minimum Gasteiger partial charge on any atom is -0.388 e. The van der Waals surface area contributed by atoms with E-state index in [2.05, 4.69) is 28.8 Å². The highest BCUT2D eigenvalue weighted by Crippen LogP contribution is 2.22. The molecule has 94 valence electrons. The molecule has 0 unspecified atom stereocenters. The number of nitrogens with zero attached hydrogens (tertiary/aromatic N) is 3. The molecule has 0 saturated carbocycles. The Morgan fingerprint density at radius 1 is 0.875 bits per heavy atom. The number of rotatable bonds is 2. The van der Waals surface area contributed by atoms with Crippen LogP contribution in [0.2, 0.25) is 0 Å². The lowest BCUT2D eigenvalue weighted by molar-refractivity contribution is -0.0475. The zero-order chi connectivity index (χ0) is 11.6. The minimum atomic E-state index is -0.428. The molecule has 2 heterocycles. The van der Waals surface area contributed by atoms with Crippen molar-refractivity contribution in [1.29, 1.82) is 0 Å². The molecule has 4 heteroatoms. The summed E-state index contributed by atoms with van der Waals surface area (Å²) >= 11 is 0. The highest BCUT2D eigenvalue weighted by atomic mass is 16.3. The average molecular weight is 227 g/mol. The summed E-state index contributed by atoms with van der Waals surface area (Å²) in [4.78, 5) is 7.08. The average Bonchev–Trinajstić information content (AvgIpc) is 2.27. The first-order chi connectivity index (χ1) is 7.57. The van der Waals surface area contributed by atoms with Crippen LogP contribution in [0.25, 0.3) is 0 Å². The lowest BCUT2D eigenvalue weighted by atomic mass is 9.91. The molecule has 0 atom stereocenters. The summed E-state index contributed by atoms with van der Waals surface area (Å²) in [5, 5.41) is 10.5. The predicted octanol–water partition coefficient (Wildman–Crippen LogP) is -0.309. The van der Waals surface area contributed by atoms with Crippen LogP contribution >= 0.6 is 0 Å². The lowest BCUT2D eigenvalue weighted by Gasteiger charge is -2.42. The largest absolute Gasteiger partial charge is 0.388 e. The van der Waals surface area contributed by atoms with Gasteiger partial charge in [-0.3, -0.25) is 4.90 Å². The fraction of sp³-hybridized carbons (Fsp3) is 1.00. The maximum Gasteiger partial charge on any atom is 0.0798 e. The van der Waals surface area contributed by atoms with Crippen molar-refractivity contribution in [2.75, 3.05) is 59.9 Å². The van der Waals surface area contributed by atoms with Crippen molar-refractivity contribution in [1.82, 2.24) is 14.7 Å². The fourth-order valence-corrected chi connectivity index (χ4v) is 2.62. The molecule has 2 saturated heterocycles. The molecule has 0 amide bonds. The van der Waals surface area contributed by atoms with Gasteiger partial charge in [0.15, 0.2) is 0 Å². The van der Waals surface area contributed by atoms with E-state index in [4.69, 9.17) is 0 Å². The first-order valence-electron chi connectivity index (χ1n) is 6.39.